The molecule has 7 rings (SSSR count). The Kier molecular flexibility index (Phi) is 10.7. The van der Waals surface area contributed by atoms with Crippen molar-refractivity contribution in [2.45, 2.75) is 32.5 Å². The van der Waals surface area contributed by atoms with Crippen LogP contribution in [-0.4, -0.2) is 61.9 Å². The van der Waals surface area contributed by atoms with Crippen LogP contribution in [0, 0.1) is 6.92 Å². The maximum atomic E-state index is 14.1. The lowest BCUT2D eigenvalue weighted by atomic mass is 10.0. The third-order valence-electron chi connectivity index (χ3n) is 8.87. The third kappa shape index (κ3) is 8.17. The van der Waals surface area contributed by atoms with Crippen LogP contribution in [0.15, 0.2) is 78.9 Å². The highest BCUT2D eigenvalue weighted by Gasteiger charge is 2.32. The molecule has 0 aliphatic carbocycles. The van der Waals surface area contributed by atoms with Crippen molar-refractivity contribution in [3.05, 3.63) is 101 Å². The molecule has 2 N–H and O–H groups in total. The number of ketones is 1. The maximum absolute atomic E-state index is 14.1. The van der Waals surface area contributed by atoms with Crippen molar-refractivity contribution >= 4 is 5.78 Å². The van der Waals surface area contributed by atoms with Gasteiger partial charge in [0.15, 0.2) is 28.8 Å². The summed E-state index contributed by atoms with van der Waals surface area (Å²) in [5, 5.41) is 0. The Labute approximate surface area is 304 Å². The number of carbonyl (C=O) groups is 1. The number of ether oxygens (including phenoxy) is 6. The zero-order chi connectivity index (χ0) is 37.0. The average Bonchev–Trinajstić information content (AvgIpc) is 3.90. The molecule has 0 spiro atoms. The van der Waals surface area contributed by atoms with Crippen molar-refractivity contribution in [1.82, 2.24) is 9.55 Å². The maximum Gasteiger partial charge on any atom is 0.416 e. The highest BCUT2D eigenvalue weighted by molar-refractivity contribution is 5.96. The Morgan fingerprint density at radius 2 is 1.42 bits per heavy atom. The number of Topliss-reactive ketones (excluding diaryl/α,β-unsaturated/α-hetero) is 1. The second kappa shape index (κ2) is 15.7. The smallest absolute Gasteiger partial charge is 0.416 e. The number of nitrogens with zero attached hydrogens (tertiary/aromatic N) is 2. The number of imidazole rings is 1. The Morgan fingerprint density at radius 3 is 2.09 bits per heavy atom. The Morgan fingerprint density at radius 1 is 0.774 bits per heavy atom. The molecule has 5 aromatic rings. The molecule has 0 fully saturated rings. The zero-order valence-electron chi connectivity index (χ0n) is 29.0. The van der Waals surface area contributed by atoms with E-state index in [1.165, 1.54) is 0 Å². The second-order valence-electron chi connectivity index (χ2n) is 12.7. The quantitative estimate of drug-likeness (QED) is 0.0856. The first-order valence-corrected chi connectivity index (χ1v) is 17.3. The normalized spacial score (nSPS) is 13.2. The van der Waals surface area contributed by atoms with E-state index < -0.39 is 11.7 Å². The largest absolute Gasteiger partial charge is 0.454 e. The van der Waals surface area contributed by atoms with Gasteiger partial charge in [-0.05, 0) is 79.1 Å². The minimum absolute atomic E-state index is 0.0200. The Bertz CT molecular complexity index is 2100. The van der Waals surface area contributed by atoms with Crippen LogP contribution in [0.1, 0.15) is 39.9 Å². The summed E-state index contributed by atoms with van der Waals surface area (Å²) in [6.45, 7) is 4.25. The van der Waals surface area contributed by atoms with E-state index in [1.807, 2.05) is 41.0 Å². The number of alkyl halides is 3. The van der Waals surface area contributed by atoms with Gasteiger partial charge in [0.2, 0.25) is 13.6 Å². The molecule has 276 valence electrons. The van der Waals surface area contributed by atoms with E-state index in [9.17, 15) is 18.0 Å². The van der Waals surface area contributed by atoms with Crippen LogP contribution < -0.4 is 24.7 Å². The average molecular weight is 730 g/mol. The standard InChI is InChI=1S/C40H38F3N3O7/c1-25-17-30(19-31(18-25)40(41,42)43)39-45-37(28-8-10-33-35(20-28)52-23-50-33)38(29-9-11-34-36(21-29)53-24-51-34)46(39)22-26-4-6-27(7-5-26)32(47)3-2-13-48-15-16-49-14-12-44/h4-11,17-21H,2-3,12-16,22-24,44H2,1H3. The van der Waals surface area contributed by atoms with Crippen LogP contribution in [0.2, 0.25) is 0 Å². The summed E-state index contributed by atoms with van der Waals surface area (Å²) in [5.41, 5.74) is 9.28. The van der Waals surface area contributed by atoms with Gasteiger partial charge in [0.05, 0.1) is 36.8 Å². The summed E-state index contributed by atoms with van der Waals surface area (Å²) in [6.07, 6.45) is -3.68. The molecule has 0 unspecified atom stereocenters. The Balaban J connectivity index is 1.26. The SMILES string of the molecule is Cc1cc(-c2nc(-c3ccc4c(c3)OCO4)c(-c3ccc4c(c3)OCO4)n2Cc2ccc(C(=O)CCCOCCOCCN)cc2)cc(C(F)(F)F)c1. The van der Waals surface area contributed by atoms with Crippen LogP contribution in [0.25, 0.3) is 33.9 Å². The monoisotopic (exact) mass is 729 g/mol. The second-order valence-corrected chi connectivity index (χ2v) is 12.7. The number of hydrogen-bond donors (Lipinski definition) is 1. The molecule has 0 saturated carbocycles. The minimum Gasteiger partial charge on any atom is -0.454 e. The summed E-state index contributed by atoms with van der Waals surface area (Å²) in [4.78, 5) is 18.1. The number of aromatic nitrogens is 2. The van der Waals surface area contributed by atoms with Crippen molar-refractivity contribution in [3.63, 3.8) is 0 Å². The van der Waals surface area contributed by atoms with Crippen LogP contribution in [0.5, 0.6) is 23.0 Å². The molecule has 0 atom stereocenters. The van der Waals surface area contributed by atoms with E-state index in [1.54, 1.807) is 37.3 Å². The topological polar surface area (TPSA) is 116 Å². The first kappa shape index (κ1) is 36.0. The van der Waals surface area contributed by atoms with Crippen LogP contribution in [0.4, 0.5) is 13.2 Å². The lowest BCUT2D eigenvalue weighted by molar-refractivity contribution is -0.137. The summed E-state index contributed by atoms with van der Waals surface area (Å²) < 4.78 is 77.6. The molecule has 2 aliphatic rings. The van der Waals surface area contributed by atoms with Gasteiger partial charge < -0.3 is 38.7 Å². The number of carbonyl (C=O) groups excluding carboxylic acids is 1. The number of nitrogens with two attached hydrogens (primary N) is 1. The Hall–Kier alpha value is -5.37. The van der Waals surface area contributed by atoms with Gasteiger partial charge in [-0.1, -0.05) is 24.3 Å². The lowest BCUT2D eigenvalue weighted by Crippen LogP contribution is -2.12. The van der Waals surface area contributed by atoms with Crippen molar-refractivity contribution in [2.75, 3.05) is 46.6 Å². The van der Waals surface area contributed by atoms with Crippen LogP contribution in [-0.2, 0) is 22.2 Å². The van der Waals surface area contributed by atoms with Crippen molar-refractivity contribution in [3.8, 4) is 56.9 Å². The number of rotatable bonds is 15. The van der Waals surface area contributed by atoms with Gasteiger partial charge in [0, 0.05) is 48.4 Å². The fourth-order valence-corrected chi connectivity index (χ4v) is 6.35. The summed E-state index contributed by atoms with van der Waals surface area (Å²) in [7, 11) is 0. The lowest BCUT2D eigenvalue weighted by Gasteiger charge is -2.16. The van der Waals surface area contributed by atoms with E-state index >= 15 is 0 Å². The molecule has 3 heterocycles. The molecule has 0 amide bonds. The van der Waals surface area contributed by atoms with Crippen molar-refractivity contribution in [2.24, 2.45) is 5.73 Å². The number of benzene rings is 4. The molecule has 53 heavy (non-hydrogen) atoms. The van der Waals surface area contributed by atoms with Gasteiger partial charge in [-0.25, -0.2) is 4.98 Å². The van der Waals surface area contributed by atoms with Gasteiger partial charge in [-0.15, -0.1) is 0 Å². The molecule has 2 aliphatic heterocycles. The first-order valence-electron chi connectivity index (χ1n) is 17.3. The fourth-order valence-electron chi connectivity index (χ4n) is 6.35. The molecule has 13 heteroatoms. The molecule has 0 bridgehead atoms. The van der Waals surface area contributed by atoms with Gasteiger partial charge >= 0.3 is 6.18 Å². The number of aryl methyl sites for hydroxylation is 1. The van der Waals surface area contributed by atoms with Gasteiger partial charge in [0.1, 0.15) is 5.82 Å². The predicted molar refractivity (Wildman–Crippen MR) is 190 cm³/mol. The molecular formula is C40H38F3N3O7. The molecule has 1 aromatic heterocycles. The first-order chi connectivity index (χ1) is 25.7. The number of hydrogen-bond acceptors (Lipinski definition) is 9. The summed E-state index contributed by atoms with van der Waals surface area (Å²) >= 11 is 0. The van der Waals surface area contributed by atoms with E-state index in [4.69, 9.17) is 39.1 Å². The third-order valence-corrected chi connectivity index (χ3v) is 8.87. The van der Waals surface area contributed by atoms with Crippen LogP contribution in [0.3, 0.4) is 0 Å². The van der Waals surface area contributed by atoms with Crippen LogP contribution >= 0.6 is 0 Å². The van der Waals surface area contributed by atoms with Gasteiger partial charge in [-0.2, -0.15) is 13.2 Å². The molecule has 4 aromatic carbocycles. The van der Waals surface area contributed by atoms with Gasteiger partial charge in [0.25, 0.3) is 0 Å². The molecule has 10 nitrogen and oxygen atoms in total. The van der Waals surface area contributed by atoms with Gasteiger partial charge in [-0.3, -0.25) is 4.79 Å². The zero-order valence-corrected chi connectivity index (χ0v) is 29.0. The molecule has 0 radical (unpaired) electrons. The van der Waals surface area contributed by atoms with E-state index in [0.29, 0.717) is 114 Å². The highest BCUT2D eigenvalue weighted by atomic mass is 19.4. The predicted octanol–water partition coefficient (Wildman–Crippen LogP) is 7.67. The number of halogens is 3. The number of fused-ring (bicyclic) bond motifs is 2. The molecular weight excluding hydrogens is 691 g/mol. The van der Waals surface area contributed by atoms with E-state index in [2.05, 4.69) is 0 Å². The van der Waals surface area contributed by atoms with E-state index in [0.717, 1.165) is 17.7 Å². The van der Waals surface area contributed by atoms with E-state index in [-0.39, 0.29) is 25.9 Å². The minimum atomic E-state index is -4.56. The molecule has 0 saturated heterocycles. The highest BCUT2D eigenvalue weighted by Crippen LogP contribution is 2.44. The fraction of sp³-hybridized carbons (Fsp3) is 0.300. The van der Waals surface area contributed by atoms with Crippen molar-refractivity contribution < 1.29 is 46.4 Å². The summed E-state index contributed by atoms with van der Waals surface area (Å²) in [6, 6.07) is 22.1. The summed E-state index contributed by atoms with van der Waals surface area (Å²) in [5.74, 6) is 2.55. The van der Waals surface area contributed by atoms with Crippen molar-refractivity contribution in [1.29, 1.82) is 0 Å².